The Balaban J connectivity index is 1.83. The lowest BCUT2D eigenvalue weighted by Gasteiger charge is -2.22. The van der Waals surface area contributed by atoms with Crippen molar-refractivity contribution in [2.24, 2.45) is 0 Å². The number of nitrogens with zero attached hydrogens (tertiary/aromatic N) is 1. The third-order valence-corrected chi connectivity index (χ3v) is 4.47. The number of aryl methyl sites for hydroxylation is 1. The van der Waals surface area contributed by atoms with E-state index in [1.54, 1.807) is 4.90 Å². The number of amides is 2. The first-order chi connectivity index (χ1) is 11.0. The molecule has 23 heavy (non-hydrogen) atoms. The van der Waals surface area contributed by atoms with Gasteiger partial charge < -0.3 is 10.2 Å². The first-order valence-corrected chi connectivity index (χ1v) is 7.77. The summed E-state index contributed by atoms with van der Waals surface area (Å²) in [4.78, 5) is 26.6. The van der Waals surface area contributed by atoms with Gasteiger partial charge in [-0.05, 0) is 56.0 Å². The molecule has 1 N–H and O–H groups in total. The van der Waals surface area contributed by atoms with Crippen molar-refractivity contribution in [2.45, 2.75) is 33.2 Å². The number of carbonyl (C=O) groups excluding carboxylic acids is 2. The van der Waals surface area contributed by atoms with Crippen LogP contribution in [0.5, 0.6) is 0 Å². The Labute approximate surface area is 136 Å². The van der Waals surface area contributed by atoms with Crippen LogP contribution in [0.25, 0.3) is 0 Å². The van der Waals surface area contributed by atoms with Crippen molar-refractivity contribution in [1.82, 2.24) is 0 Å². The Kier molecular flexibility index (Phi) is 3.90. The molecule has 4 nitrogen and oxygen atoms in total. The quantitative estimate of drug-likeness (QED) is 0.822. The molecule has 118 valence electrons. The summed E-state index contributed by atoms with van der Waals surface area (Å²) in [5.41, 5.74) is 4.68. The van der Waals surface area contributed by atoms with Crippen molar-refractivity contribution in [3.8, 4) is 0 Å². The van der Waals surface area contributed by atoms with Crippen LogP contribution in [0.15, 0.2) is 42.5 Å². The summed E-state index contributed by atoms with van der Waals surface area (Å²) in [7, 11) is 0. The highest BCUT2D eigenvalue weighted by molar-refractivity contribution is 6.44. The molecule has 3 rings (SSSR count). The summed E-state index contributed by atoms with van der Waals surface area (Å²) in [6.45, 7) is 5.87. The Hall–Kier alpha value is -2.62. The molecular weight excluding hydrogens is 288 g/mol. The van der Waals surface area contributed by atoms with E-state index in [2.05, 4.69) is 5.32 Å². The molecule has 1 unspecified atom stereocenters. The van der Waals surface area contributed by atoms with Gasteiger partial charge in [0.2, 0.25) is 0 Å². The van der Waals surface area contributed by atoms with Gasteiger partial charge in [0.1, 0.15) is 0 Å². The third-order valence-electron chi connectivity index (χ3n) is 4.47. The predicted octanol–water partition coefficient (Wildman–Crippen LogP) is 3.22. The normalized spacial score (nSPS) is 16.1. The van der Waals surface area contributed by atoms with Crippen LogP contribution in [0.1, 0.15) is 23.6 Å². The van der Waals surface area contributed by atoms with Gasteiger partial charge in [-0.3, -0.25) is 9.59 Å². The summed E-state index contributed by atoms with van der Waals surface area (Å²) in [6, 6.07) is 13.4. The predicted molar refractivity (Wildman–Crippen MR) is 91.6 cm³/mol. The molecule has 2 amide bonds. The first-order valence-electron chi connectivity index (χ1n) is 7.77. The summed E-state index contributed by atoms with van der Waals surface area (Å²) >= 11 is 0. The number of hydrogen-bond acceptors (Lipinski definition) is 2. The van der Waals surface area contributed by atoms with E-state index in [1.807, 2.05) is 63.2 Å². The van der Waals surface area contributed by atoms with Gasteiger partial charge in [0.15, 0.2) is 0 Å². The van der Waals surface area contributed by atoms with E-state index in [0.29, 0.717) is 5.69 Å². The van der Waals surface area contributed by atoms with Crippen LogP contribution >= 0.6 is 0 Å². The molecule has 0 aromatic heterocycles. The van der Waals surface area contributed by atoms with Gasteiger partial charge >= 0.3 is 11.8 Å². The molecule has 1 aliphatic heterocycles. The SMILES string of the molecule is Cc1cccc(NC(=O)C(=O)N2c3ccccc3CC2C)c1C. The Morgan fingerprint density at radius 2 is 1.83 bits per heavy atom. The standard InChI is InChI=1S/C19H20N2O2/c1-12-7-6-9-16(14(12)3)20-18(22)19(23)21-13(2)11-15-8-4-5-10-17(15)21/h4-10,13H,11H2,1-3H3,(H,20,22). The van der Waals surface area contributed by atoms with Gasteiger partial charge in [0.05, 0.1) is 0 Å². The number of nitrogens with one attached hydrogen (secondary N) is 1. The zero-order valence-electron chi connectivity index (χ0n) is 13.6. The molecule has 0 radical (unpaired) electrons. The molecule has 0 fully saturated rings. The minimum absolute atomic E-state index is 0.00995. The zero-order valence-corrected chi connectivity index (χ0v) is 13.6. The second-order valence-electron chi connectivity index (χ2n) is 6.06. The molecule has 2 aromatic rings. The van der Waals surface area contributed by atoms with Crippen LogP contribution in [0.3, 0.4) is 0 Å². The maximum Gasteiger partial charge on any atom is 0.316 e. The topological polar surface area (TPSA) is 49.4 Å². The molecule has 2 aromatic carbocycles. The molecule has 0 aliphatic carbocycles. The fraction of sp³-hybridized carbons (Fsp3) is 0.263. The molecule has 0 saturated heterocycles. The Morgan fingerprint density at radius 1 is 1.09 bits per heavy atom. The van der Waals surface area contributed by atoms with E-state index in [-0.39, 0.29) is 6.04 Å². The second-order valence-corrected chi connectivity index (χ2v) is 6.06. The number of benzene rings is 2. The zero-order chi connectivity index (χ0) is 16.6. The van der Waals surface area contributed by atoms with Crippen molar-refractivity contribution < 1.29 is 9.59 Å². The lowest BCUT2D eigenvalue weighted by Crippen LogP contribution is -2.43. The first kappa shape index (κ1) is 15.3. The minimum Gasteiger partial charge on any atom is -0.318 e. The van der Waals surface area contributed by atoms with E-state index in [0.717, 1.165) is 28.8 Å². The third kappa shape index (κ3) is 2.72. The Bertz CT molecular complexity index is 783. The molecule has 0 saturated carbocycles. The fourth-order valence-corrected chi connectivity index (χ4v) is 3.05. The fourth-order valence-electron chi connectivity index (χ4n) is 3.05. The van der Waals surface area contributed by atoms with E-state index < -0.39 is 11.8 Å². The van der Waals surface area contributed by atoms with Gasteiger partial charge in [-0.2, -0.15) is 0 Å². The highest BCUT2D eigenvalue weighted by atomic mass is 16.2. The molecule has 0 bridgehead atoms. The number of rotatable bonds is 1. The van der Waals surface area contributed by atoms with Crippen molar-refractivity contribution in [3.05, 3.63) is 59.2 Å². The minimum atomic E-state index is -0.595. The number of para-hydroxylation sites is 1. The van der Waals surface area contributed by atoms with E-state index in [9.17, 15) is 9.59 Å². The molecule has 1 atom stereocenters. The largest absolute Gasteiger partial charge is 0.318 e. The van der Waals surface area contributed by atoms with Gasteiger partial charge in [0.25, 0.3) is 0 Å². The van der Waals surface area contributed by atoms with Crippen LogP contribution in [-0.4, -0.2) is 17.9 Å². The van der Waals surface area contributed by atoms with E-state index in [1.165, 1.54) is 0 Å². The van der Waals surface area contributed by atoms with E-state index in [4.69, 9.17) is 0 Å². The Morgan fingerprint density at radius 3 is 2.61 bits per heavy atom. The number of carbonyl (C=O) groups is 2. The molecule has 4 heteroatoms. The molecule has 1 aliphatic rings. The van der Waals surface area contributed by atoms with Crippen LogP contribution in [0, 0.1) is 13.8 Å². The van der Waals surface area contributed by atoms with Gasteiger partial charge in [-0.15, -0.1) is 0 Å². The van der Waals surface area contributed by atoms with Crippen molar-refractivity contribution in [1.29, 1.82) is 0 Å². The highest BCUT2D eigenvalue weighted by Crippen LogP contribution is 2.32. The second kappa shape index (κ2) is 5.88. The smallest absolute Gasteiger partial charge is 0.316 e. The highest BCUT2D eigenvalue weighted by Gasteiger charge is 2.34. The summed E-state index contributed by atoms with van der Waals surface area (Å²) in [5, 5.41) is 2.75. The number of hydrogen-bond donors (Lipinski definition) is 1. The average Bonchev–Trinajstić information content (AvgIpc) is 2.86. The lowest BCUT2D eigenvalue weighted by atomic mass is 10.1. The average molecular weight is 308 g/mol. The maximum atomic E-state index is 12.6. The van der Waals surface area contributed by atoms with E-state index >= 15 is 0 Å². The summed E-state index contributed by atoms with van der Waals surface area (Å²) < 4.78 is 0. The number of anilines is 2. The van der Waals surface area contributed by atoms with Crippen LogP contribution in [-0.2, 0) is 16.0 Å². The molecule has 1 heterocycles. The molecular formula is C19H20N2O2. The van der Waals surface area contributed by atoms with Gasteiger partial charge in [-0.25, -0.2) is 0 Å². The van der Waals surface area contributed by atoms with Crippen LogP contribution < -0.4 is 10.2 Å². The van der Waals surface area contributed by atoms with Gasteiger partial charge in [0, 0.05) is 17.4 Å². The molecule has 0 spiro atoms. The van der Waals surface area contributed by atoms with Crippen LogP contribution in [0.4, 0.5) is 11.4 Å². The number of fused-ring (bicyclic) bond motifs is 1. The summed E-state index contributed by atoms with van der Waals surface area (Å²) in [6.07, 6.45) is 0.776. The maximum absolute atomic E-state index is 12.6. The monoisotopic (exact) mass is 308 g/mol. The van der Waals surface area contributed by atoms with Crippen molar-refractivity contribution in [3.63, 3.8) is 0 Å². The van der Waals surface area contributed by atoms with Gasteiger partial charge in [-0.1, -0.05) is 30.3 Å². The van der Waals surface area contributed by atoms with Crippen LogP contribution in [0.2, 0.25) is 0 Å². The lowest BCUT2D eigenvalue weighted by molar-refractivity contribution is -0.134. The van der Waals surface area contributed by atoms with Crippen molar-refractivity contribution in [2.75, 3.05) is 10.2 Å². The summed E-state index contributed by atoms with van der Waals surface area (Å²) in [5.74, 6) is -1.11. The van der Waals surface area contributed by atoms with Crippen molar-refractivity contribution >= 4 is 23.2 Å².